The van der Waals surface area contributed by atoms with Gasteiger partial charge in [-0.15, -0.1) is 0 Å². The van der Waals surface area contributed by atoms with Crippen LogP contribution in [0.3, 0.4) is 0 Å². The van der Waals surface area contributed by atoms with Gasteiger partial charge in [-0.1, -0.05) is 12.8 Å². The van der Waals surface area contributed by atoms with E-state index >= 15 is 0 Å². The summed E-state index contributed by atoms with van der Waals surface area (Å²) in [4.78, 5) is 15.7. The largest absolute Gasteiger partial charge is 0.351 e. The number of imidazole rings is 1. The standard InChI is InChI=1S/C13H22N4O/c1-11(9-17-7-6-14-10-17)16-13(18)8-15-12-4-2-3-5-12/h6-7,10-12,15H,2-5,8-9H2,1H3,(H,16,18). The number of carbonyl (C=O) groups is 1. The summed E-state index contributed by atoms with van der Waals surface area (Å²) in [5.41, 5.74) is 0. The summed E-state index contributed by atoms with van der Waals surface area (Å²) in [7, 11) is 0. The van der Waals surface area contributed by atoms with Gasteiger partial charge in [-0.05, 0) is 19.8 Å². The molecule has 0 spiro atoms. The van der Waals surface area contributed by atoms with Crippen LogP contribution in [0.5, 0.6) is 0 Å². The number of nitrogens with one attached hydrogen (secondary N) is 2. The molecule has 1 amide bonds. The van der Waals surface area contributed by atoms with Crippen LogP contribution in [0, 0.1) is 0 Å². The Kier molecular flexibility index (Phi) is 4.75. The van der Waals surface area contributed by atoms with E-state index in [0.717, 1.165) is 6.54 Å². The van der Waals surface area contributed by atoms with Crippen molar-refractivity contribution in [3.05, 3.63) is 18.7 Å². The first kappa shape index (κ1) is 13.1. The molecule has 0 aromatic carbocycles. The van der Waals surface area contributed by atoms with E-state index in [-0.39, 0.29) is 11.9 Å². The van der Waals surface area contributed by atoms with Gasteiger partial charge in [0, 0.05) is 31.0 Å². The fraction of sp³-hybridized carbons (Fsp3) is 0.692. The van der Waals surface area contributed by atoms with E-state index < -0.39 is 0 Å². The van der Waals surface area contributed by atoms with E-state index in [1.807, 2.05) is 17.7 Å². The molecular formula is C13H22N4O. The van der Waals surface area contributed by atoms with E-state index in [0.29, 0.717) is 12.6 Å². The molecule has 1 aliphatic carbocycles. The van der Waals surface area contributed by atoms with Crippen LogP contribution in [0.25, 0.3) is 0 Å². The molecule has 1 aromatic rings. The Hall–Kier alpha value is -1.36. The first-order valence-electron chi connectivity index (χ1n) is 6.72. The molecule has 1 aromatic heterocycles. The van der Waals surface area contributed by atoms with Gasteiger partial charge in [0.25, 0.3) is 0 Å². The van der Waals surface area contributed by atoms with Gasteiger partial charge in [-0.3, -0.25) is 4.79 Å². The Morgan fingerprint density at radius 2 is 2.28 bits per heavy atom. The van der Waals surface area contributed by atoms with Crippen molar-refractivity contribution >= 4 is 5.91 Å². The third kappa shape index (κ3) is 4.14. The summed E-state index contributed by atoms with van der Waals surface area (Å²) in [6.07, 6.45) is 10.4. The van der Waals surface area contributed by atoms with Gasteiger partial charge in [-0.25, -0.2) is 4.98 Å². The van der Waals surface area contributed by atoms with Crippen molar-refractivity contribution in [2.24, 2.45) is 0 Å². The minimum absolute atomic E-state index is 0.0783. The Morgan fingerprint density at radius 1 is 1.50 bits per heavy atom. The highest BCUT2D eigenvalue weighted by Gasteiger charge is 2.15. The molecule has 100 valence electrons. The Balaban J connectivity index is 1.63. The lowest BCUT2D eigenvalue weighted by molar-refractivity contribution is -0.121. The van der Waals surface area contributed by atoms with Gasteiger partial charge in [0.15, 0.2) is 0 Å². The molecule has 0 radical (unpaired) electrons. The molecule has 1 unspecified atom stereocenters. The second-order valence-corrected chi connectivity index (χ2v) is 5.09. The zero-order valence-corrected chi connectivity index (χ0v) is 10.9. The van der Waals surface area contributed by atoms with Crippen LogP contribution in [0.15, 0.2) is 18.7 Å². The van der Waals surface area contributed by atoms with Gasteiger partial charge in [-0.2, -0.15) is 0 Å². The lowest BCUT2D eigenvalue weighted by Crippen LogP contribution is -2.42. The summed E-state index contributed by atoms with van der Waals surface area (Å²) in [5.74, 6) is 0.0783. The molecule has 2 rings (SSSR count). The fourth-order valence-corrected chi connectivity index (χ4v) is 2.45. The first-order chi connectivity index (χ1) is 8.74. The summed E-state index contributed by atoms with van der Waals surface area (Å²) in [6, 6.07) is 0.664. The molecule has 1 aliphatic rings. The van der Waals surface area contributed by atoms with Crippen LogP contribution in [-0.2, 0) is 11.3 Å². The molecule has 18 heavy (non-hydrogen) atoms. The number of nitrogens with zero attached hydrogens (tertiary/aromatic N) is 2. The molecule has 1 atom stereocenters. The second-order valence-electron chi connectivity index (χ2n) is 5.09. The predicted molar refractivity (Wildman–Crippen MR) is 70.1 cm³/mol. The quantitative estimate of drug-likeness (QED) is 0.789. The Bertz CT molecular complexity index is 357. The summed E-state index contributed by atoms with van der Waals surface area (Å²) in [5, 5.41) is 6.31. The SMILES string of the molecule is CC(Cn1ccnc1)NC(=O)CNC1CCCC1. The Labute approximate surface area is 108 Å². The van der Waals surface area contributed by atoms with Crippen LogP contribution in [-0.4, -0.2) is 34.1 Å². The first-order valence-corrected chi connectivity index (χ1v) is 6.72. The molecule has 1 fully saturated rings. The number of rotatable bonds is 6. The number of carbonyl (C=O) groups excluding carboxylic acids is 1. The number of hydrogen-bond donors (Lipinski definition) is 2. The van der Waals surface area contributed by atoms with Crippen LogP contribution >= 0.6 is 0 Å². The average molecular weight is 250 g/mol. The predicted octanol–water partition coefficient (Wildman–Crippen LogP) is 0.920. The number of amides is 1. The van der Waals surface area contributed by atoms with Crippen LogP contribution in [0.2, 0.25) is 0 Å². The molecule has 1 saturated carbocycles. The number of hydrogen-bond acceptors (Lipinski definition) is 3. The highest BCUT2D eigenvalue weighted by atomic mass is 16.2. The fourth-order valence-electron chi connectivity index (χ4n) is 2.45. The molecule has 0 saturated heterocycles. The Morgan fingerprint density at radius 3 is 2.94 bits per heavy atom. The minimum atomic E-state index is 0.0783. The van der Waals surface area contributed by atoms with Crippen molar-refractivity contribution in [3.63, 3.8) is 0 Å². The van der Waals surface area contributed by atoms with Gasteiger partial charge in [0.2, 0.25) is 5.91 Å². The van der Waals surface area contributed by atoms with Gasteiger partial charge in [0.05, 0.1) is 12.9 Å². The van der Waals surface area contributed by atoms with E-state index in [1.54, 1.807) is 12.5 Å². The van der Waals surface area contributed by atoms with Crippen LogP contribution < -0.4 is 10.6 Å². The highest BCUT2D eigenvalue weighted by Crippen LogP contribution is 2.17. The summed E-state index contributed by atoms with van der Waals surface area (Å²) < 4.78 is 1.97. The van der Waals surface area contributed by atoms with Gasteiger partial charge >= 0.3 is 0 Å². The lowest BCUT2D eigenvalue weighted by Gasteiger charge is -2.16. The van der Waals surface area contributed by atoms with Crippen molar-refractivity contribution in [2.45, 2.75) is 51.2 Å². The zero-order valence-electron chi connectivity index (χ0n) is 10.9. The maximum Gasteiger partial charge on any atom is 0.234 e. The van der Waals surface area contributed by atoms with Crippen molar-refractivity contribution in [1.29, 1.82) is 0 Å². The van der Waals surface area contributed by atoms with Crippen molar-refractivity contribution in [3.8, 4) is 0 Å². The van der Waals surface area contributed by atoms with Crippen molar-refractivity contribution < 1.29 is 4.79 Å². The molecular weight excluding hydrogens is 228 g/mol. The summed E-state index contributed by atoms with van der Waals surface area (Å²) >= 11 is 0. The van der Waals surface area contributed by atoms with E-state index in [9.17, 15) is 4.79 Å². The van der Waals surface area contributed by atoms with E-state index in [1.165, 1.54) is 25.7 Å². The third-order valence-electron chi connectivity index (χ3n) is 3.36. The van der Waals surface area contributed by atoms with Crippen molar-refractivity contribution in [1.82, 2.24) is 20.2 Å². The topological polar surface area (TPSA) is 59.0 Å². The minimum Gasteiger partial charge on any atom is -0.351 e. The molecule has 2 N–H and O–H groups in total. The highest BCUT2D eigenvalue weighted by molar-refractivity contribution is 5.78. The second kappa shape index (κ2) is 6.54. The molecule has 0 aliphatic heterocycles. The molecule has 0 bridgehead atoms. The molecule has 1 heterocycles. The lowest BCUT2D eigenvalue weighted by atomic mass is 10.2. The molecule has 5 nitrogen and oxygen atoms in total. The van der Waals surface area contributed by atoms with Gasteiger partial charge < -0.3 is 15.2 Å². The van der Waals surface area contributed by atoms with E-state index in [4.69, 9.17) is 0 Å². The number of aromatic nitrogens is 2. The van der Waals surface area contributed by atoms with Crippen LogP contribution in [0.1, 0.15) is 32.6 Å². The maximum atomic E-state index is 11.7. The maximum absolute atomic E-state index is 11.7. The third-order valence-corrected chi connectivity index (χ3v) is 3.36. The van der Waals surface area contributed by atoms with Crippen LogP contribution in [0.4, 0.5) is 0 Å². The smallest absolute Gasteiger partial charge is 0.234 e. The summed E-state index contributed by atoms with van der Waals surface area (Å²) in [6.45, 7) is 3.20. The van der Waals surface area contributed by atoms with Crippen molar-refractivity contribution in [2.75, 3.05) is 6.54 Å². The zero-order chi connectivity index (χ0) is 12.8. The average Bonchev–Trinajstić information content (AvgIpc) is 2.98. The van der Waals surface area contributed by atoms with Gasteiger partial charge in [0.1, 0.15) is 0 Å². The monoisotopic (exact) mass is 250 g/mol. The molecule has 5 heteroatoms. The normalized spacial score (nSPS) is 17.8. The van der Waals surface area contributed by atoms with E-state index in [2.05, 4.69) is 15.6 Å².